The average molecular weight is 375 g/mol. The van der Waals surface area contributed by atoms with Gasteiger partial charge in [-0.3, -0.25) is 4.79 Å². The van der Waals surface area contributed by atoms with E-state index in [9.17, 15) is 4.79 Å². The number of methoxy groups -OCH3 is 1. The van der Waals surface area contributed by atoms with Gasteiger partial charge in [-0.1, -0.05) is 18.2 Å². The molecular formula is C24H25NO3. The second-order valence-electron chi connectivity index (χ2n) is 9.30. The lowest BCUT2D eigenvalue weighted by molar-refractivity contribution is -0.140. The standard InChI is InChI=1S/C24H25NO3/c1-27-22-9-18-17-4-2-3-5-20(17)28-21(18)10-19(22)25-23(26)24-11-14-6-15(12-24)8-16(7-14)13-24/h2-5,9-10,14-16H,6-8,11-13H2,1H3,(H,25,26). The minimum absolute atomic E-state index is 0.178. The Balaban J connectivity index is 1.38. The molecule has 4 bridgehead atoms. The van der Waals surface area contributed by atoms with E-state index in [-0.39, 0.29) is 11.3 Å². The summed E-state index contributed by atoms with van der Waals surface area (Å²) >= 11 is 0. The van der Waals surface area contributed by atoms with Crippen LogP contribution in [0.5, 0.6) is 5.75 Å². The zero-order chi connectivity index (χ0) is 18.9. The van der Waals surface area contributed by atoms with Gasteiger partial charge in [-0.05, 0) is 68.4 Å². The number of nitrogens with one attached hydrogen (secondary N) is 1. The molecule has 0 atom stereocenters. The smallest absolute Gasteiger partial charge is 0.230 e. The molecule has 0 unspecified atom stereocenters. The number of carbonyl (C=O) groups excluding carboxylic acids is 1. The number of hydrogen-bond acceptors (Lipinski definition) is 3. The van der Waals surface area contributed by atoms with Gasteiger partial charge in [0.2, 0.25) is 5.91 Å². The molecule has 0 spiro atoms. The predicted octanol–water partition coefficient (Wildman–Crippen LogP) is 5.75. The molecule has 1 heterocycles. The fraction of sp³-hybridized carbons (Fsp3) is 0.458. The van der Waals surface area contributed by atoms with Crippen LogP contribution in [0.1, 0.15) is 38.5 Å². The molecule has 4 saturated carbocycles. The molecule has 0 radical (unpaired) electrons. The van der Waals surface area contributed by atoms with Crippen LogP contribution in [0.15, 0.2) is 40.8 Å². The summed E-state index contributed by atoms with van der Waals surface area (Å²) in [5, 5.41) is 5.31. The first-order valence-corrected chi connectivity index (χ1v) is 10.4. The molecule has 7 rings (SSSR count). The minimum atomic E-state index is -0.178. The number of furan rings is 1. The second kappa shape index (κ2) is 5.76. The van der Waals surface area contributed by atoms with Crippen molar-refractivity contribution < 1.29 is 13.9 Å². The van der Waals surface area contributed by atoms with Crippen molar-refractivity contribution in [2.45, 2.75) is 38.5 Å². The van der Waals surface area contributed by atoms with Crippen molar-refractivity contribution in [1.29, 1.82) is 0 Å². The van der Waals surface area contributed by atoms with Crippen molar-refractivity contribution in [3.8, 4) is 5.75 Å². The molecular weight excluding hydrogens is 350 g/mol. The maximum Gasteiger partial charge on any atom is 0.230 e. The maximum atomic E-state index is 13.4. The fourth-order valence-electron chi connectivity index (χ4n) is 6.66. The highest BCUT2D eigenvalue weighted by Crippen LogP contribution is 2.60. The number of anilines is 1. The highest BCUT2D eigenvalue weighted by Gasteiger charge is 2.54. The Morgan fingerprint density at radius 2 is 1.68 bits per heavy atom. The van der Waals surface area contributed by atoms with Crippen LogP contribution in [0.3, 0.4) is 0 Å². The van der Waals surface area contributed by atoms with Gasteiger partial charge in [0, 0.05) is 16.8 Å². The van der Waals surface area contributed by atoms with E-state index in [1.165, 1.54) is 19.3 Å². The molecule has 1 aromatic heterocycles. The molecule has 144 valence electrons. The predicted molar refractivity (Wildman–Crippen MR) is 110 cm³/mol. The number of para-hydroxylation sites is 1. The Labute approximate surface area is 164 Å². The number of carbonyl (C=O) groups is 1. The number of ether oxygens (including phenoxy) is 1. The minimum Gasteiger partial charge on any atom is -0.495 e. The lowest BCUT2D eigenvalue weighted by atomic mass is 9.49. The quantitative estimate of drug-likeness (QED) is 0.634. The largest absolute Gasteiger partial charge is 0.495 e. The van der Waals surface area contributed by atoms with Crippen LogP contribution >= 0.6 is 0 Å². The normalized spacial score (nSPS) is 30.8. The monoisotopic (exact) mass is 375 g/mol. The summed E-state index contributed by atoms with van der Waals surface area (Å²) in [5.74, 6) is 3.11. The van der Waals surface area contributed by atoms with Gasteiger partial charge in [-0.15, -0.1) is 0 Å². The van der Waals surface area contributed by atoms with E-state index in [2.05, 4.69) is 5.32 Å². The van der Waals surface area contributed by atoms with Crippen LogP contribution in [-0.4, -0.2) is 13.0 Å². The van der Waals surface area contributed by atoms with Crippen molar-refractivity contribution >= 4 is 33.5 Å². The lowest BCUT2D eigenvalue weighted by Gasteiger charge is -2.55. The van der Waals surface area contributed by atoms with E-state index in [0.29, 0.717) is 5.75 Å². The molecule has 4 heteroatoms. The van der Waals surface area contributed by atoms with Crippen molar-refractivity contribution in [3.63, 3.8) is 0 Å². The van der Waals surface area contributed by atoms with Crippen molar-refractivity contribution in [1.82, 2.24) is 0 Å². The van der Waals surface area contributed by atoms with E-state index < -0.39 is 0 Å². The Morgan fingerprint density at radius 1 is 1.00 bits per heavy atom. The SMILES string of the molecule is COc1cc2c(cc1NC(=O)C13CC4CC(CC(C4)C1)C3)oc1ccccc12. The Kier molecular flexibility index (Phi) is 3.38. The maximum absolute atomic E-state index is 13.4. The first-order chi connectivity index (χ1) is 13.6. The van der Waals surface area contributed by atoms with Gasteiger partial charge in [-0.25, -0.2) is 0 Å². The summed E-state index contributed by atoms with van der Waals surface area (Å²) in [6.07, 6.45) is 7.17. The fourth-order valence-corrected chi connectivity index (χ4v) is 6.66. The van der Waals surface area contributed by atoms with Crippen LogP contribution in [0.25, 0.3) is 21.9 Å². The van der Waals surface area contributed by atoms with Gasteiger partial charge >= 0.3 is 0 Å². The molecule has 4 fully saturated rings. The topological polar surface area (TPSA) is 51.5 Å². The molecule has 1 amide bonds. The summed E-state index contributed by atoms with van der Waals surface area (Å²) in [6.45, 7) is 0. The zero-order valence-corrected chi connectivity index (χ0v) is 16.2. The van der Waals surface area contributed by atoms with Crippen LogP contribution < -0.4 is 10.1 Å². The Morgan fingerprint density at radius 3 is 2.36 bits per heavy atom. The molecule has 0 saturated heterocycles. The number of fused-ring (bicyclic) bond motifs is 3. The van der Waals surface area contributed by atoms with Gasteiger partial charge in [-0.2, -0.15) is 0 Å². The lowest BCUT2D eigenvalue weighted by Crippen LogP contribution is -2.51. The van der Waals surface area contributed by atoms with E-state index in [1.807, 2.05) is 36.4 Å². The third-order valence-electron chi connectivity index (χ3n) is 7.47. The van der Waals surface area contributed by atoms with Crippen molar-refractivity contribution in [2.75, 3.05) is 12.4 Å². The third kappa shape index (κ3) is 2.33. The molecule has 1 N–H and O–H groups in total. The summed E-state index contributed by atoms with van der Waals surface area (Å²) < 4.78 is 11.7. The molecule has 4 aliphatic rings. The van der Waals surface area contributed by atoms with Gasteiger partial charge < -0.3 is 14.5 Å². The first-order valence-electron chi connectivity index (χ1n) is 10.4. The second-order valence-corrected chi connectivity index (χ2v) is 9.30. The molecule has 2 aromatic carbocycles. The van der Waals surface area contributed by atoms with E-state index in [0.717, 1.165) is 64.6 Å². The highest BCUT2D eigenvalue weighted by molar-refractivity contribution is 6.08. The Bertz CT molecular complexity index is 1060. The molecule has 0 aliphatic heterocycles. The summed E-state index contributed by atoms with van der Waals surface area (Å²) in [7, 11) is 1.66. The van der Waals surface area contributed by atoms with Gasteiger partial charge in [0.15, 0.2) is 0 Å². The number of amides is 1. The molecule has 4 aliphatic carbocycles. The number of rotatable bonds is 3. The van der Waals surface area contributed by atoms with Gasteiger partial charge in [0.25, 0.3) is 0 Å². The van der Waals surface area contributed by atoms with Crippen LogP contribution in [0.2, 0.25) is 0 Å². The van der Waals surface area contributed by atoms with Gasteiger partial charge in [0.05, 0.1) is 18.2 Å². The van der Waals surface area contributed by atoms with Crippen LogP contribution in [0, 0.1) is 23.2 Å². The first kappa shape index (κ1) is 16.5. The van der Waals surface area contributed by atoms with Crippen molar-refractivity contribution in [2.24, 2.45) is 23.2 Å². The summed E-state index contributed by atoms with van der Waals surface area (Å²) in [6, 6.07) is 11.9. The highest BCUT2D eigenvalue weighted by atomic mass is 16.5. The van der Waals surface area contributed by atoms with Crippen LogP contribution in [-0.2, 0) is 4.79 Å². The summed E-state index contributed by atoms with van der Waals surface area (Å²) in [5.41, 5.74) is 2.17. The van der Waals surface area contributed by atoms with E-state index in [1.54, 1.807) is 7.11 Å². The zero-order valence-electron chi connectivity index (χ0n) is 16.2. The molecule has 4 nitrogen and oxygen atoms in total. The third-order valence-corrected chi connectivity index (χ3v) is 7.47. The van der Waals surface area contributed by atoms with Gasteiger partial charge in [0.1, 0.15) is 16.9 Å². The average Bonchev–Trinajstić information content (AvgIpc) is 3.03. The molecule has 3 aromatic rings. The van der Waals surface area contributed by atoms with E-state index >= 15 is 0 Å². The number of hydrogen-bond donors (Lipinski definition) is 1. The number of benzene rings is 2. The molecule has 28 heavy (non-hydrogen) atoms. The van der Waals surface area contributed by atoms with Crippen LogP contribution in [0.4, 0.5) is 5.69 Å². The van der Waals surface area contributed by atoms with Crippen molar-refractivity contribution in [3.05, 3.63) is 36.4 Å². The summed E-state index contributed by atoms with van der Waals surface area (Å²) in [4.78, 5) is 13.4. The Hall–Kier alpha value is -2.49. The van der Waals surface area contributed by atoms with E-state index in [4.69, 9.17) is 9.15 Å².